The van der Waals surface area contributed by atoms with E-state index in [-0.39, 0.29) is 11.4 Å². The van der Waals surface area contributed by atoms with E-state index in [0.717, 1.165) is 12.8 Å². The molecular weight excluding hydrogens is 325 g/mol. The largest absolute Gasteiger partial charge is 0.456 e. The highest BCUT2D eigenvalue weighted by atomic mass is 79.9. The van der Waals surface area contributed by atoms with E-state index in [9.17, 15) is 18.0 Å². The van der Waals surface area contributed by atoms with Crippen molar-refractivity contribution in [2.75, 3.05) is 0 Å². The molecule has 0 aromatic carbocycles. The number of halogens is 4. The normalized spacial score (nSPS) is 16.0. The standard InChI is InChI=1S/C12H8BrF3N2O/c13-8-3-1-2-7-9(10(19)12(14,15)16)17-11(18(7)8)6-4-5-6/h1-3,6H,4-5H2. The van der Waals surface area contributed by atoms with Crippen LogP contribution in [0, 0.1) is 0 Å². The smallest absolute Gasteiger partial charge is 0.289 e. The third kappa shape index (κ3) is 2.05. The maximum Gasteiger partial charge on any atom is 0.456 e. The van der Waals surface area contributed by atoms with Crippen LogP contribution in [0.15, 0.2) is 22.8 Å². The fourth-order valence-electron chi connectivity index (χ4n) is 2.04. The first kappa shape index (κ1) is 12.7. The van der Waals surface area contributed by atoms with Crippen molar-refractivity contribution >= 4 is 27.2 Å². The van der Waals surface area contributed by atoms with Crippen molar-refractivity contribution in [3.05, 3.63) is 34.3 Å². The zero-order valence-corrected chi connectivity index (χ0v) is 11.1. The van der Waals surface area contributed by atoms with Crippen LogP contribution in [0.4, 0.5) is 13.2 Å². The van der Waals surface area contributed by atoms with E-state index in [2.05, 4.69) is 20.9 Å². The molecule has 7 heteroatoms. The molecule has 0 saturated heterocycles. The molecule has 19 heavy (non-hydrogen) atoms. The molecule has 1 fully saturated rings. The maximum absolute atomic E-state index is 12.6. The summed E-state index contributed by atoms with van der Waals surface area (Å²) in [7, 11) is 0. The SMILES string of the molecule is O=C(c1nc(C2CC2)n2c(Br)cccc12)C(F)(F)F. The Morgan fingerprint density at radius 1 is 1.37 bits per heavy atom. The number of aromatic nitrogens is 2. The number of fused-ring (bicyclic) bond motifs is 1. The number of ketones is 1. The van der Waals surface area contributed by atoms with E-state index in [0.29, 0.717) is 10.4 Å². The maximum atomic E-state index is 12.6. The second-order valence-electron chi connectivity index (χ2n) is 4.49. The summed E-state index contributed by atoms with van der Waals surface area (Å²) in [6.45, 7) is 0. The van der Waals surface area contributed by atoms with Gasteiger partial charge >= 0.3 is 6.18 Å². The van der Waals surface area contributed by atoms with Gasteiger partial charge in [0.2, 0.25) is 0 Å². The number of carbonyl (C=O) groups excluding carboxylic acids is 1. The van der Waals surface area contributed by atoms with Crippen molar-refractivity contribution in [3.63, 3.8) is 0 Å². The van der Waals surface area contributed by atoms with Gasteiger partial charge in [-0.3, -0.25) is 9.20 Å². The summed E-state index contributed by atoms with van der Waals surface area (Å²) in [4.78, 5) is 15.4. The highest BCUT2D eigenvalue weighted by Crippen LogP contribution is 2.41. The zero-order valence-electron chi connectivity index (χ0n) is 9.54. The van der Waals surface area contributed by atoms with E-state index in [1.165, 1.54) is 6.07 Å². The number of imidazole rings is 1. The minimum absolute atomic E-state index is 0.140. The minimum Gasteiger partial charge on any atom is -0.289 e. The average molecular weight is 333 g/mol. The Morgan fingerprint density at radius 2 is 2.05 bits per heavy atom. The van der Waals surface area contributed by atoms with Crippen molar-refractivity contribution in [3.8, 4) is 0 Å². The first-order valence-corrected chi connectivity index (χ1v) is 6.47. The van der Waals surface area contributed by atoms with Crippen LogP contribution in [0.2, 0.25) is 0 Å². The number of nitrogens with zero attached hydrogens (tertiary/aromatic N) is 2. The molecule has 2 aromatic heterocycles. The third-order valence-electron chi connectivity index (χ3n) is 3.06. The molecule has 0 amide bonds. The lowest BCUT2D eigenvalue weighted by atomic mass is 10.2. The number of pyridine rings is 1. The predicted octanol–water partition coefficient (Wildman–Crippen LogP) is 3.72. The number of Topliss-reactive ketones (excluding diaryl/α,β-unsaturated/α-hetero) is 1. The van der Waals surface area contributed by atoms with E-state index < -0.39 is 17.7 Å². The highest BCUT2D eigenvalue weighted by Gasteiger charge is 2.43. The van der Waals surface area contributed by atoms with E-state index in [1.54, 1.807) is 16.5 Å². The first-order chi connectivity index (χ1) is 8.89. The number of alkyl halides is 3. The van der Waals surface area contributed by atoms with Gasteiger partial charge in [-0.05, 0) is 40.9 Å². The van der Waals surface area contributed by atoms with Crippen LogP contribution >= 0.6 is 15.9 Å². The van der Waals surface area contributed by atoms with E-state index in [4.69, 9.17) is 0 Å². The highest BCUT2D eigenvalue weighted by molar-refractivity contribution is 9.10. The molecule has 100 valence electrons. The van der Waals surface area contributed by atoms with Gasteiger partial charge in [0.25, 0.3) is 5.78 Å². The van der Waals surface area contributed by atoms with Gasteiger partial charge in [-0.25, -0.2) is 4.98 Å². The third-order valence-corrected chi connectivity index (χ3v) is 3.67. The van der Waals surface area contributed by atoms with Crippen LogP contribution in [-0.2, 0) is 0 Å². The molecule has 0 unspecified atom stereocenters. The summed E-state index contributed by atoms with van der Waals surface area (Å²) in [6, 6.07) is 4.77. The average Bonchev–Trinajstić information content (AvgIpc) is 3.09. The number of hydrogen-bond acceptors (Lipinski definition) is 2. The molecule has 1 aliphatic rings. The molecule has 0 bridgehead atoms. The molecule has 3 nitrogen and oxygen atoms in total. The Bertz CT molecular complexity index is 673. The summed E-state index contributed by atoms with van der Waals surface area (Å²) < 4.78 is 39.9. The number of carbonyl (C=O) groups is 1. The van der Waals surface area contributed by atoms with Gasteiger partial charge in [-0.1, -0.05) is 6.07 Å². The van der Waals surface area contributed by atoms with Crippen molar-refractivity contribution in [1.29, 1.82) is 0 Å². The van der Waals surface area contributed by atoms with Gasteiger partial charge in [-0.2, -0.15) is 13.2 Å². The van der Waals surface area contributed by atoms with Gasteiger partial charge in [0.15, 0.2) is 0 Å². The van der Waals surface area contributed by atoms with Crippen LogP contribution in [0.1, 0.15) is 35.1 Å². The monoisotopic (exact) mass is 332 g/mol. The quantitative estimate of drug-likeness (QED) is 0.620. The van der Waals surface area contributed by atoms with E-state index in [1.807, 2.05) is 0 Å². The molecule has 0 aliphatic heterocycles. The zero-order chi connectivity index (χ0) is 13.8. The Balaban J connectivity index is 2.26. The van der Waals surface area contributed by atoms with Gasteiger partial charge in [0.05, 0.1) is 10.1 Å². The van der Waals surface area contributed by atoms with Gasteiger partial charge < -0.3 is 0 Å². The Kier molecular flexibility index (Phi) is 2.70. The topological polar surface area (TPSA) is 34.4 Å². The van der Waals surface area contributed by atoms with Gasteiger partial charge in [0, 0.05) is 5.92 Å². The molecule has 0 N–H and O–H groups in total. The Hall–Kier alpha value is -1.37. The molecule has 1 saturated carbocycles. The fourth-order valence-corrected chi connectivity index (χ4v) is 2.56. The lowest BCUT2D eigenvalue weighted by Gasteiger charge is -2.03. The molecule has 0 spiro atoms. The first-order valence-electron chi connectivity index (χ1n) is 5.68. The summed E-state index contributed by atoms with van der Waals surface area (Å²) in [5, 5.41) is 0. The minimum atomic E-state index is -4.90. The van der Waals surface area contributed by atoms with Crippen molar-refractivity contribution < 1.29 is 18.0 Å². The van der Waals surface area contributed by atoms with Crippen LogP contribution in [0.5, 0.6) is 0 Å². The molecular formula is C12H8BrF3N2O. The van der Waals surface area contributed by atoms with Gasteiger partial charge in [-0.15, -0.1) is 0 Å². The van der Waals surface area contributed by atoms with Crippen molar-refractivity contribution in [2.45, 2.75) is 24.9 Å². The molecule has 3 rings (SSSR count). The van der Waals surface area contributed by atoms with E-state index >= 15 is 0 Å². The van der Waals surface area contributed by atoms with Crippen LogP contribution in [-0.4, -0.2) is 21.3 Å². The molecule has 2 heterocycles. The second kappa shape index (κ2) is 4.06. The molecule has 0 radical (unpaired) electrons. The van der Waals surface area contributed by atoms with Crippen molar-refractivity contribution in [2.24, 2.45) is 0 Å². The van der Waals surface area contributed by atoms with Crippen molar-refractivity contribution in [1.82, 2.24) is 9.38 Å². The fraction of sp³-hybridized carbons (Fsp3) is 0.333. The second-order valence-corrected chi connectivity index (χ2v) is 5.30. The predicted molar refractivity (Wildman–Crippen MR) is 65.3 cm³/mol. The molecule has 1 aliphatic carbocycles. The van der Waals surface area contributed by atoms with Crippen LogP contribution in [0.25, 0.3) is 5.52 Å². The van der Waals surface area contributed by atoms with Gasteiger partial charge in [0.1, 0.15) is 11.5 Å². The molecule has 2 aromatic rings. The number of rotatable bonds is 2. The van der Waals surface area contributed by atoms with Crippen LogP contribution < -0.4 is 0 Å². The summed E-state index contributed by atoms with van der Waals surface area (Å²) >= 11 is 3.29. The number of hydrogen-bond donors (Lipinski definition) is 0. The summed E-state index contributed by atoms with van der Waals surface area (Å²) in [5.41, 5.74) is -0.325. The lowest BCUT2D eigenvalue weighted by Crippen LogP contribution is -2.23. The summed E-state index contributed by atoms with van der Waals surface area (Å²) in [6.07, 6.45) is -3.13. The summed E-state index contributed by atoms with van der Waals surface area (Å²) in [5.74, 6) is -1.23. The lowest BCUT2D eigenvalue weighted by molar-refractivity contribution is -0.0887. The molecule has 0 atom stereocenters. The van der Waals surface area contributed by atoms with Crippen LogP contribution in [0.3, 0.4) is 0 Å². The Labute approximate surface area is 114 Å². The Morgan fingerprint density at radius 3 is 2.63 bits per heavy atom.